The Labute approximate surface area is 146 Å². The van der Waals surface area contributed by atoms with Crippen LogP contribution in [0, 0.1) is 5.92 Å². The number of carbonyl (C=O) groups excluding carboxylic acids is 3. The third-order valence-electron chi connectivity index (χ3n) is 2.79. The average Bonchev–Trinajstić information content (AvgIpc) is 2.52. The number of carboxylic acid groups (broad SMARTS) is 1. The van der Waals surface area contributed by atoms with Crippen molar-refractivity contribution in [1.82, 2.24) is 10.6 Å². The lowest BCUT2D eigenvalue weighted by Crippen LogP contribution is -2.49. The highest BCUT2D eigenvalue weighted by molar-refractivity contribution is 7.80. The van der Waals surface area contributed by atoms with Crippen LogP contribution < -0.4 is 16.4 Å². The number of nitrogens with two attached hydrogens (primary N) is 1. The van der Waals surface area contributed by atoms with Gasteiger partial charge in [0, 0.05) is 12.2 Å². The lowest BCUT2D eigenvalue weighted by Gasteiger charge is -2.17. The smallest absolute Gasteiger partial charge is 0.322 e. The minimum Gasteiger partial charge on any atom is -0.480 e. The van der Waals surface area contributed by atoms with Crippen LogP contribution in [0.3, 0.4) is 0 Å². The second-order valence-electron chi connectivity index (χ2n) is 5.58. The maximum absolute atomic E-state index is 11.8. The molecule has 10 heteroatoms. The molecule has 5 N–H and O–H groups in total. The van der Waals surface area contributed by atoms with Gasteiger partial charge in [0.15, 0.2) is 0 Å². The van der Waals surface area contributed by atoms with Gasteiger partial charge in [-0.3, -0.25) is 19.2 Å². The molecule has 0 saturated heterocycles. The fraction of sp³-hybridized carbons (Fsp3) is 0.714. The van der Waals surface area contributed by atoms with Crippen LogP contribution in [-0.2, 0) is 23.9 Å². The van der Waals surface area contributed by atoms with E-state index in [0.29, 0.717) is 0 Å². The van der Waals surface area contributed by atoms with Gasteiger partial charge in [0.05, 0.1) is 6.61 Å². The molecule has 0 aliphatic rings. The first kappa shape index (κ1) is 22.2. The number of rotatable bonds is 11. The van der Waals surface area contributed by atoms with E-state index in [2.05, 4.69) is 23.3 Å². The zero-order chi connectivity index (χ0) is 18.7. The number of hydrogen-bond acceptors (Lipinski definition) is 7. The molecule has 2 atom stereocenters. The number of thiol groups is 1. The van der Waals surface area contributed by atoms with Gasteiger partial charge in [-0.05, 0) is 12.3 Å². The lowest BCUT2D eigenvalue weighted by molar-refractivity contribution is -0.146. The summed E-state index contributed by atoms with van der Waals surface area (Å²) in [6.07, 6.45) is -0.00671. The van der Waals surface area contributed by atoms with Gasteiger partial charge >= 0.3 is 11.9 Å². The zero-order valence-electron chi connectivity index (χ0n) is 13.8. The van der Waals surface area contributed by atoms with Crippen LogP contribution >= 0.6 is 12.6 Å². The van der Waals surface area contributed by atoms with Crippen LogP contribution in [0.4, 0.5) is 0 Å². The number of esters is 1. The minimum absolute atomic E-state index is 0.000321. The summed E-state index contributed by atoms with van der Waals surface area (Å²) in [6.45, 7) is 3.48. The number of ether oxygens (including phenoxy) is 1. The number of carbonyl (C=O) groups is 4. The van der Waals surface area contributed by atoms with E-state index in [-0.39, 0.29) is 31.1 Å². The van der Waals surface area contributed by atoms with Gasteiger partial charge in [-0.2, -0.15) is 12.6 Å². The van der Waals surface area contributed by atoms with Gasteiger partial charge in [-0.1, -0.05) is 13.8 Å². The van der Waals surface area contributed by atoms with Gasteiger partial charge in [-0.15, -0.1) is 0 Å². The molecule has 24 heavy (non-hydrogen) atoms. The molecule has 0 aromatic heterocycles. The fourth-order valence-electron chi connectivity index (χ4n) is 1.51. The average molecular weight is 363 g/mol. The van der Waals surface area contributed by atoms with Gasteiger partial charge in [-0.25, -0.2) is 0 Å². The molecule has 0 aliphatic carbocycles. The van der Waals surface area contributed by atoms with E-state index in [0.717, 1.165) is 0 Å². The van der Waals surface area contributed by atoms with Crippen molar-refractivity contribution >= 4 is 36.4 Å². The Bertz CT molecular complexity index is 458. The first-order valence-electron chi connectivity index (χ1n) is 7.49. The summed E-state index contributed by atoms with van der Waals surface area (Å²) in [7, 11) is 0. The van der Waals surface area contributed by atoms with Crippen molar-refractivity contribution in [3.8, 4) is 0 Å². The summed E-state index contributed by atoms with van der Waals surface area (Å²) in [5.74, 6) is -2.74. The molecule has 2 unspecified atom stereocenters. The standard InChI is InChI=1S/C14H25N3O6S/c1-8(2)6-23-14(22)9(15)3-4-11(18)17-10(7-24)13(21)16-5-12(19)20/h8-10,24H,3-7,15H2,1-2H3,(H,16,21)(H,17,18)(H,19,20). The molecule has 2 amide bonds. The Balaban J connectivity index is 4.23. The Morgan fingerprint density at radius 1 is 1.25 bits per heavy atom. The summed E-state index contributed by atoms with van der Waals surface area (Å²) >= 11 is 3.94. The third kappa shape index (κ3) is 10.1. The number of amides is 2. The fourth-order valence-corrected chi connectivity index (χ4v) is 1.76. The van der Waals surface area contributed by atoms with Crippen molar-refractivity contribution in [1.29, 1.82) is 0 Å². The quantitative estimate of drug-likeness (QED) is 0.231. The van der Waals surface area contributed by atoms with Gasteiger partial charge in [0.1, 0.15) is 18.6 Å². The molecule has 0 fully saturated rings. The number of nitrogens with one attached hydrogen (secondary N) is 2. The molecule has 0 aromatic carbocycles. The van der Waals surface area contributed by atoms with E-state index < -0.39 is 42.4 Å². The molecule has 0 aliphatic heterocycles. The molecule has 0 heterocycles. The molecule has 9 nitrogen and oxygen atoms in total. The Hall–Kier alpha value is -1.81. The van der Waals surface area contributed by atoms with E-state index >= 15 is 0 Å². The highest BCUT2D eigenvalue weighted by Crippen LogP contribution is 2.01. The molecule has 0 radical (unpaired) electrons. The van der Waals surface area contributed by atoms with Crippen LogP contribution in [0.25, 0.3) is 0 Å². The summed E-state index contributed by atoms with van der Waals surface area (Å²) in [4.78, 5) is 45.5. The Morgan fingerprint density at radius 3 is 2.38 bits per heavy atom. The van der Waals surface area contributed by atoms with E-state index in [1.807, 2.05) is 13.8 Å². The van der Waals surface area contributed by atoms with Crippen molar-refractivity contribution in [2.75, 3.05) is 18.9 Å². The molecule has 0 spiro atoms. The van der Waals surface area contributed by atoms with Crippen molar-refractivity contribution in [2.45, 2.75) is 38.8 Å². The Morgan fingerprint density at radius 2 is 1.88 bits per heavy atom. The van der Waals surface area contributed by atoms with Crippen molar-refractivity contribution < 1.29 is 29.0 Å². The van der Waals surface area contributed by atoms with Crippen LogP contribution in [0.1, 0.15) is 26.7 Å². The zero-order valence-corrected chi connectivity index (χ0v) is 14.7. The maximum Gasteiger partial charge on any atom is 0.322 e. The first-order chi connectivity index (χ1) is 11.2. The first-order valence-corrected chi connectivity index (χ1v) is 8.12. The molecule has 138 valence electrons. The Kier molecular flexibility index (Phi) is 10.8. The highest BCUT2D eigenvalue weighted by Gasteiger charge is 2.21. The van der Waals surface area contributed by atoms with Crippen LogP contribution in [0.15, 0.2) is 0 Å². The third-order valence-corrected chi connectivity index (χ3v) is 3.16. The second-order valence-corrected chi connectivity index (χ2v) is 5.95. The van der Waals surface area contributed by atoms with Crippen LogP contribution in [0.5, 0.6) is 0 Å². The molecular formula is C14H25N3O6S. The number of aliphatic carboxylic acids is 1. The normalized spacial score (nSPS) is 13.0. The SMILES string of the molecule is CC(C)COC(=O)C(N)CCC(=O)NC(CS)C(=O)NCC(=O)O. The topological polar surface area (TPSA) is 148 Å². The predicted molar refractivity (Wildman–Crippen MR) is 89.4 cm³/mol. The molecular weight excluding hydrogens is 338 g/mol. The number of hydrogen-bond donors (Lipinski definition) is 5. The molecule has 0 bridgehead atoms. The largest absolute Gasteiger partial charge is 0.480 e. The van der Waals surface area contributed by atoms with Crippen molar-refractivity contribution in [2.24, 2.45) is 11.7 Å². The number of carboxylic acids is 1. The van der Waals surface area contributed by atoms with Gasteiger partial charge in [0.25, 0.3) is 0 Å². The van der Waals surface area contributed by atoms with Gasteiger partial charge in [0.2, 0.25) is 11.8 Å². The van der Waals surface area contributed by atoms with Crippen molar-refractivity contribution in [3.63, 3.8) is 0 Å². The minimum atomic E-state index is -1.20. The lowest BCUT2D eigenvalue weighted by atomic mass is 10.1. The van der Waals surface area contributed by atoms with E-state index in [1.54, 1.807) is 0 Å². The monoisotopic (exact) mass is 363 g/mol. The van der Waals surface area contributed by atoms with E-state index in [4.69, 9.17) is 15.6 Å². The maximum atomic E-state index is 11.8. The van der Waals surface area contributed by atoms with Crippen molar-refractivity contribution in [3.05, 3.63) is 0 Å². The predicted octanol–water partition coefficient (Wildman–Crippen LogP) is -1.09. The summed E-state index contributed by atoms with van der Waals surface area (Å²) in [6, 6.07) is -1.89. The van der Waals surface area contributed by atoms with Crippen LogP contribution in [0.2, 0.25) is 0 Å². The molecule has 0 saturated carbocycles. The molecule has 0 rings (SSSR count). The van der Waals surface area contributed by atoms with Crippen LogP contribution in [-0.4, -0.2) is 59.8 Å². The molecule has 0 aromatic rings. The highest BCUT2D eigenvalue weighted by atomic mass is 32.1. The van der Waals surface area contributed by atoms with E-state index in [1.165, 1.54) is 0 Å². The summed E-state index contributed by atoms with van der Waals surface area (Å²) in [5, 5.41) is 13.0. The van der Waals surface area contributed by atoms with E-state index in [9.17, 15) is 19.2 Å². The van der Waals surface area contributed by atoms with Gasteiger partial charge < -0.3 is 26.2 Å². The summed E-state index contributed by atoms with van der Waals surface area (Å²) in [5.41, 5.74) is 5.64. The second kappa shape index (κ2) is 11.7. The summed E-state index contributed by atoms with van der Waals surface area (Å²) < 4.78 is 4.96.